The molecule has 180 valence electrons. The van der Waals surface area contributed by atoms with Gasteiger partial charge in [-0.3, -0.25) is 4.79 Å². The van der Waals surface area contributed by atoms with E-state index in [1.54, 1.807) is 32.5 Å². The second-order valence-corrected chi connectivity index (χ2v) is 10.8. The number of benzene rings is 2. The summed E-state index contributed by atoms with van der Waals surface area (Å²) in [5, 5.41) is 12.3. The highest BCUT2D eigenvalue weighted by atomic mass is 32.2. The maximum absolute atomic E-state index is 12.9. The Bertz CT molecular complexity index is 1050. The molecule has 2 aliphatic rings. The molecular formula is C27H32N2O4S. The van der Waals surface area contributed by atoms with E-state index in [9.17, 15) is 14.7 Å². The zero-order chi connectivity index (χ0) is 24.3. The fraction of sp³-hybridized carbons (Fsp3) is 0.407. The molecule has 1 atom stereocenters. The maximum atomic E-state index is 12.9. The number of hydrogen-bond donors (Lipinski definition) is 2. The van der Waals surface area contributed by atoms with Crippen molar-refractivity contribution < 1.29 is 19.4 Å². The fourth-order valence-corrected chi connectivity index (χ4v) is 5.51. The van der Waals surface area contributed by atoms with Gasteiger partial charge in [0.05, 0.1) is 12.6 Å². The number of amides is 2. The minimum absolute atomic E-state index is 0.0456. The molecule has 34 heavy (non-hydrogen) atoms. The summed E-state index contributed by atoms with van der Waals surface area (Å²) in [7, 11) is 0. The monoisotopic (exact) mass is 480 g/mol. The number of rotatable bonds is 4. The van der Waals surface area contributed by atoms with E-state index >= 15 is 0 Å². The molecule has 2 aliphatic heterocycles. The Hall–Kier alpha value is -2.77. The average molecular weight is 481 g/mol. The highest BCUT2D eigenvalue weighted by Gasteiger charge is 2.28. The predicted octanol–water partition coefficient (Wildman–Crippen LogP) is 4.85. The number of alkyl carbamates (subject to hydrolysis) is 1. The van der Waals surface area contributed by atoms with Crippen LogP contribution in [0.2, 0.25) is 0 Å². The predicted molar refractivity (Wildman–Crippen MR) is 134 cm³/mol. The first-order valence-corrected chi connectivity index (χ1v) is 12.5. The summed E-state index contributed by atoms with van der Waals surface area (Å²) < 4.78 is 5.24. The van der Waals surface area contributed by atoms with Crippen molar-refractivity contribution in [3.05, 3.63) is 65.2 Å². The SMILES string of the molecule is CC(C)(C)OC(=O)N[C@@H](CO)CC(=O)N1CCC(=C2c3ccccc3Sc3ccccc32)CC1. The summed E-state index contributed by atoms with van der Waals surface area (Å²) in [6.45, 7) is 6.24. The summed E-state index contributed by atoms with van der Waals surface area (Å²) in [5.41, 5.74) is 4.57. The molecule has 2 heterocycles. The molecule has 0 aromatic heterocycles. The first-order valence-electron chi connectivity index (χ1n) is 11.7. The number of nitrogens with one attached hydrogen (secondary N) is 1. The molecule has 2 aromatic carbocycles. The Morgan fingerprint density at radius 1 is 1.03 bits per heavy atom. The van der Waals surface area contributed by atoms with Crippen molar-refractivity contribution in [1.82, 2.24) is 10.2 Å². The molecule has 1 saturated heterocycles. The second kappa shape index (κ2) is 10.2. The van der Waals surface area contributed by atoms with Gasteiger partial charge in [0.2, 0.25) is 5.91 Å². The van der Waals surface area contributed by atoms with E-state index in [4.69, 9.17) is 4.74 Å². The number of hydrogen-bond acceptors (Lipinski definition) is 5. The van der Waals surface area contributed by atoms with Crippen LogP contribution in [-0.4, -0.2) is 53.3 Å². The van der Waals surface area contributed by atoms with Gasteiger partial charge in [-0.05, 0) is 62.4 Å². The summed E-state index contributed by atoms with van der Waals surface area (Å²) in [6, 6.07) is 16.4. The Labute approximate surface area is 205 Å². The lowest BCUT2D eigenvalue weighted by Gasteiger charge is -2.33. The molecule has 6 nitrogen and oxygen atoms in total. The molecule has 2 aromatic rings. The highest BCUT2D eigenvalue weighted by Crippen LogP contribution is 2.47. The third-order valence-corrected chi connectivity index (χ3v) is 7.12. The van der Waals surface area contributed by atoms with Gasteiger partial charge in [-0.1, -0.05) is 53.7 Å². The van der Waals surface area contributed by atoms with E-state index in [-0.39, 0.29) is 18.9 Å². The van der Waals surface area contributed by atoms with Gasteiger partial charge in [0.15, 0.2) is 0 Å². The van der Waals surface area contributed by atoms with Crippen LogP contribution >= 0.6 is 11.8 Å². The number of aliphatic hydroxyl groups is 1. The van der Waals surface area contributed by atoms with Crippen molar-refractivity contribution in [3.8, 4) is 0 Å². The summed E-state index contributed by atoms with van der Waals surface area (Å²) in [6.07, 6.45) is 1.02. The van der Waals surface area contributed by atoms with Gasteiger partial charge in [-0.15, -0.1) is 0 Å². The van der Waals surface area contributed by atoms with Gasteiger partial charge in [0.25, 0.3) is 0 Å². The second-order valence-electron chi connectivity index (χ2n) is 9.68. The molecule has 7 heteroatoms. The molecule has 0 unspecified atom stereocenters. The van der Waals surface area contributed by atoms with Crippen LogP contribution in [0.4, 0.5) is 4.79 Å². The normalized spacial score (nSPS) is 16.4. The minimum atomic E-state index is -0.670. The van der Waals surface area contributed by atoms with Gasteiger partial charge in [-0.25, -0.2) is 4.79 Å². The van der Waals surface area contributed by atoms with Crippen molar-refractivity contribution in [2.24, 2.45) is 0 Å². The van der Waals surface area contributed by atoms with E-state index in [0.717, 1.165) is 12.8 Å². The first-order chi connectivity index (χ1) is 16.2. The lowest BCUT2D eigenvalue weighted by molar-refractivity contribution is -0.132. The number of piperidine rings is 1. The van der Waals surface area contributed by atoms with E-state index in [0.29, 0.717) is 13.1 Å². The molecule has 4 rings (SSSR count). The molecular weight excluding hydrogens is 448 g/mol. The molecule has 0 saturated carbocycles. The molecule has 1 fully saturated rings. The van der Waals surface area contributed by atoms with E-state index < -0.39 is 17.7 Å². The Kier molecular flexibility index (Phi) is 7.33. The Morgan fingerprint density at radius 2 is 1.59 bits per heavy atom. The summed E-state index contributed by atoms with van der Waals surface area (Å²) >= 11 is 1.81. The van der Waals surface area contributed by atoms with E-state index in [1.165, 1.54) is 32.1 Å². The van der Waals surface area contributed by atoms with Crippen LogP contribution < -0.4 is 5.32 Å². The third-order valence-electron chi connectivity index (χ3n) is 5.97. The number of carbonyl (C=O) groups is 2. The van der Waals surface area contributed by atoms with Crippen LogP contribution in [0.5, 0.6) is 0 Å². The quantitative estimate of drug-likeness (QED) is 0.558. The third kappa shape index (κ3) is 5.65. The van der Waals surface area contributed by atoms with Crippen molar-refractivity contribution >= 4 is 29.3 Å². The van der Waals surface area contributed by atoms with Gasteiger partial charge in [0.1, 0.15) is 5.60 Å². The number of carbonyl (C=O) groups excluding carboxylic acids is 2. The van der Waals surface area contributed by atoms with E-state index in [2.05, 4.69) is 53.8 Å². The first kappa shape index (κ1) is 24.4. The zero-order valence-electron chi connectivity index (χ0n) is 20.0. The van der Waals surface area contributed by atoms with Gasteiger partial charge in [-0.2, -0.15) is 0 Å². The Morgan fingerprint density at radius 3 is 2.12 bits per heavy atom. The van der Waals surface area contributed by atoms with E-state index in [1.807, 2.05) is 4.90 Å². The number of likely N-dealkylation sites (tertiary alicyclic amines) is 1. The number of aliphatic hydroxyl groups excluding tert-OH is 1. The fourth-order valence-electron chi connectivity index (χ4n) is 4.42. The standard InChI is InChI=1S/C27H32N2O4S/c1-27(2,3)33-26(32)28-19(17-30)16-24(31)29-14-12-18(13-15-29)25-20-8-4-6-10-22(20)34-23-11-7-5-9-21(23)25/h4-11,19,30H,12-17H2,1-3H3,(H,28,32)/t19-/m1/s1. The molecule has 0 bridgehead atoms. The molecule has 0 aliphatic carbocycles. The van der Waals surface area contributed by atoms with Crippen molar-refractivity contribution in [1.29, 1.82) is 0 Å². The molecule has 0 radical (unpaired) electrons. The van der Waals surface area contributed by atoms with Gasteiger partial charge < -0.3 is 20.1 Å². The van der Waals surface area contributed by atoms with Crippen molar-refractivity contribution in [3.63, 3.8) is 0 Å². The van der Waals surface area contributed by atoms with Crippen LogP contribution in [-0.2, 0) is 9.53 Å². The summed E-state index contributed by atoms with van der Waals surface area (Å²) in [4.78, 5) is 29.3. The van der Waals surface area contributed by atoms with Crippen LogP contribution in [0.25, 0.3) is 5.57 Å². The van der Waals surface area contributed by atoms with Crippen LogP contribution in [0.3, 0.4) is 0 Å². The topological polar surface area (TPSA) is 78.9 Å². The van der Waals surface area contributed by atoms with Crippen molar-refractivity contribution in [2.45, 2.75) is 61.5 Å². The lowest BCUT2D eigenvalue weighted by Crippen LogP contribution is -2.45. The molecule has 2 N–H and O–H groups in total. The highest BCUT2D eigenvalue weighted by molar-refractivity contribution is 7.99. The van der Waals surface area contributed by atoms with Gasteiger partial charge >= 0.3 is 6.09 Å². The van der Waals surface area contributed by atoms with Crippen molar-refractivity contribution in [2.75, 3.05) is 19.7 Å². The zero-order valence-corrected chi connectivity index (χ0v) is 20.8. The van der Waals surface area contributed by atoms with Crippen LogP contribution in [0.15, 0.2) is 63.9 Å². The molecule has 2 amide bonds. The number of nitrogens with zero attached hydrogens (tertiary/aromatic N) is 1. The lowest BCUT2D eigenvalue weighted by atomic mass is 9.88. The number of ether oxygens (including phenoxy) is 1. The van der Waals surface area contributed by atoms with Gasteiger partial charge in [0, 0.05) is 29.3 Å². The largest absolute Gasteiger partial charge is 0.444 e. The van der Waals surface area contributed by atoms with Crippen LogP contribution in [0.1, 0.15) is 51.2 Å². The smallest absolute Gasteiger partial charge is 0.407 e. The maximum Gasteiger partial charge on any atom is 0.407 e. The molecule has 0 spiro atoms. The average Bonchev–Trinajstić information content (AvgIpc) is 2.81. The summed E-state index contributed by atoms with van der Waals surface area (Å²) in [5.74, 6) is -0.0702. The minimum Gasteiger partial charge on any atom is -0.444 e. The number of fused-ring (bicyclic) bond motifs is 2. The van der Waals surface area contributed by atoms with Crippen LogP contribution in [0, 0.1) is 0 Å². The Balaban J connectivity index is 1.44.